The number of β-lactam (4-membered cyclic amide) rings is 1. The lowest BCUT2D eigenvalue weighted by atomic mass is 9.96. The van der Waals surface area contributed by atoms with Gasteiger partial charge in [0.15, 0.2) is 6.04 Å². The van der Waals surface area contributed by atoms with Gasteiger partial charge in [-0.15, -0.1) is 16.9 Å². The molecule has 0 spiro atoms. The van der Waals surface area contributed by atoms with Crippen molar-refractivity contribution in [3.05, 3.63) is 24.4 Å². The molecule has 9 nitrogen and oxygen atoms in total. The molecule has 2 fully saturated rings. The highest BCUT2D eigenvalue weighted by atomic mass is 32.2. The molecule has 2 aliphatic heterocycles. The zero-order valence-electron chi connectivity index (χ0n) is 15.8. The van der Waals surface area contributed by atoms with Crippen LogP contribution in [0.25, 0.3) is 11.3 Å². The molecule has 0 radical (unpaired) electrons. The molecule has 1 N–H and O–H groups in total. The van der Waals surface area contributed by atoms with Gasteiger partial charge in [0.2, 0.25) is 0 Å². The monoisotopic (exact) mass is 404 g/mol. The van der Waals surface area contributed by atoms with E-state index >= 15 is 0 Å². The predicted octanol–water partition coefficient (Wildman–Crippen LogP) is 1.65. The Kier molecular flexibility index (Phi) is 4.25. The van der Waals surface area contributed by atoms with Gasteiger partial charge in [-0.3, -0.25) is 4.79 Å². The normalized spacial score (nSPS) is 25.2. The van der Waals surface area contributed by atoms with Gasteiger partial charge in [-0.1, -0.05) is 11.3 Å². The number of carboxylic acids is 1. The van der Waals surface area contributed by atoms with Crippen LogP contribution < -0.4 is 9.47 Å². The summed E-state index contributed by atoms with van der Waals surface area (Å²) in [5, 5.41) is 17.6. The molecule has 1 aromatic carbocycles. The lowest BCUT2D eigenvalue weighted by Gasteiger charge is -2.42. The van der Waals surface area contributed by atoms with E-state index in [1.165, 1.54) is 21.3 Å². The Bertz CT molecular complexity index is 937. The van der Waals surface area contributed by atoms with Crippen molar-refractivity contribution < 1.29 is 24.2 Å². The van der Waals surface area contributed by atoms with Crippen LogP contribution in [0.3, 0.4) is 0 Å². The first kappa shape index (κ1) is 18.6. The minimum atomic E-state index is -0.996. The molecule has 0 bridgehead atoms. The first-order chi connectivity index (χ1) is 13.3. The fourth-order valence-electron chi connectivity index (χ4n) is 3.87. The standard InChI is InChI=1S/C18H20N4O5S/c1-18(2)14(17(24)25)22-15(23)13(16(22)28-18)21-8-9(19-20-21)12-10(26-3)6-5-7-11(12)27-4/h5-8,13-14,16H,1-4H3,(H,24,25)/t13-,14+,16-/m1/s1. The van der Waals surface area contributed by atoms with Gasteiger partial charge in [0, 0.05) is 4.75 Å². The number of carbonyl (C=O) groups is 2. The first-order valence-electron chi connectivity index (χ1n) is 8.66. The summed E-state index contributed by atoms with van der Waals surface area (Å²) in [5.41, 5.74) is 1.16. The molecule has 0 unspecified atom stereocenters. The van der Waals surface area contributed by atoms with Crippen molar-refractivity contribution in [2.75, 3.05) is 14.2 Å². The Morgan fingerprint density at radius 2 is 1.89 bits per heavy atom. The van der Waals surface area contributed by atoms with Gasteiger partial charge in [0.05, 0.1) is 26.0 Å². The molecule has 1 aromatic heterocycles. The lowest BCUT2D eigenvalue weighted by Crippen LogP contribution is -2.62. The maximum atomic E-state index is 12.7. The zero-order valence-corrected chi connectivity index (χ0v) is 16.6. The molecule has 0 saturated carbocycles. The molecule has 28 heavy (non-hydrogen) atoms. The third-order valence-electron chi connectivity index (χ3n) is 5.13. The number of amides is 1. The van der Waals surface area contributed by atoms with E-state index in [2.05, 4.69) is 10.3 Å². The number of carbonyl (C=O) groups excluding carboxylic acids is 1. The number of carboxylic acid groups (broad SMARTS) is 1. The Balaban J connectivity index is 1.68. The van der Waals surface area contributed by atoms with Crippen LogP contribution in [0.4, 0.5) is 0 Å². The van der Waals surface area contributed by atoms with Crippen molar-refractivity contribution in [2.24, 2.45) is 0 Å². The van der Waals surface area contributed by atoms with Gasteiger partial charge < -0.3 is 19.5 Å². The van der Waals surface area contributed by atoms with Crippen molar-refractivity contribution in [2.45, 2.75) is 36.1 Å². The van der Waals surface area contributed by atoms with Gasteiger partial charge in [-0.2, -0.15) is 0 Å². The number of nitrogens with zero attached hydrogens (tertiary/aromatic N) is 4. The summed E-state index contributed by atoms with van der Waals surface area (Å²) < 4.78 is 11.7. The maximum absolute atomic E-state index is 12.7. The van der Waals surface area contributed by atoms with Crippen LogP contribution in [0.5, 0.6) is 11.5 Å². The zero-order chi connectivity index (χ0) is 20.2. The summed E-state index contributed by atoms with van der Waals surface area (Å²) in [6.07, 6.45) is 1.67. The van der Waals surface area contributed by atoms with E-state index in [0.717, 1.165) is 0 Å². The number of hydrogen-bond donors (Lipinski definition) is 1. The summed E-state index contributed by atoms with van der Waals surface area (Å²) in [6, 6.07) is 3.95. The highest BCUT2D eigenvalue weighted by Crippen LogP contribution is 2.54. The van der Waals surface area contributed by atoms with E-state index < -0.39 is 22.8 Å². The topological polar surface area (TPSA) is 107 Å². The molecule has 2 aromatic rings. The second-order valence-electron chi connectivity index (χ2n) is 7.16. The van der Waals surface area contributed by atoms with E-state index in [0.29, 0.717) is 22.8 Å². The Hall–Kier alpha value is -2.75. The Morgan fingerprint density at radius 1 is 1.25 bits per heavy atom. The van der Waals surface area contributed by atoms with Crippen LogP contribution >= 0.6 is 11.8 Å². The molecule has 4 rings (SSSR count). The average molecular weight is 404 g/mol. The number of fused-ring (bicyclic) bond motifs is 1. The van der Waals surface area contributed by atoms with E-state index in [1.807, 2.05) is 19.9 Å². The molecule has 148 valence electrons. The van der Waals surface area contributed by atoms with Gasteiger partial charge in [-0.25, -0.2) is 9.48 Å². The third kappa shape index (κ3) is 2.55. The van der Waals surface area contributed by atoms with Crippen LogP contribution in [0.15, 0.2) is 24.4 Å². The van der Waals surface area contributed by atoms with Crippen molar-refractivity contribution >= 4 is 23.6 Å². The van der Waals surface area contributed by atoms with Crippen molar-refractivity contribution in [1.29, 1.82) is 0 Å². The summed E-state index contributed by atoms with van der Waals surface area (Å²) in [7, 11) is 3.11. The molecular formula is C18H20N4O5S. The molecule has 3 heterocycles. The lowest BCUT2D eigenvalue weighted by molar-refractivity contribution is -0.162. The van der Waals surface area contributed by atoms with Gasteiger partial charge >= 0.3 is 5.97 Å². The summed E-state index contributed by atoms with van der Waals surface area (Å²) in [4.78, 5) is 25.8. The van der Waals surface area contributed by atoms with Gasteiger partial charge in [0.1, 0.15) is 28.6 Å². The van der Waals surface area contributed by atoms with Gasteiger partial charge in [0.25, 0.3) is 5.91 Å². The van der Waals surface area contributed by atoms with Crippen LogP contribution in [-0.2, 0) is 9.59 Å². The number of aliphatic carboxylic acids is 1. The highest BCUT2D eigenvalue weighted by Gasteiger charge is 2.64. The van der Waals surface area contributed by atoms with Crippen LogP contribution in [-0.4, -0.2) is 67.3 Å². The van der Waals surface area contributed by atoms with Crippen LogP contribution in [0, 0.1) is 0 Å². The minimum absolute atomic E-state index is 0.265. The number of hydrogen-bond acceptors (Lipinski definition) is 7. The van der Waals surface area contributed by atoms with Gasteiger partial charge in [-0.05, 0) is 26.0 Å². The highest BCUT2D eigenvalue weighted by molar-refractivity contribution is 8.01. The molecule has 0 aliphatic carbocycles. The quantitative estimate of drug-likeness (QED) is 0.750. The smallest absolute Gasteiger partial charge is 0.327 e. The second kappa shape index (κ2) is 6.40. The van der Waals surface area contributed by atoms with Crippen molar-refractivity contribution in [1.82, 2.24) is 19.9 Å². The maximum Gasteiger partial charge on any atom is 0.327 e. The molecule has 10 heteroatoms. The first-order valence-corrected chi connectivity index (χ1v) is 9.54. The fourth-order valence-corrected chi connectivity index (χ4v) is 5.54. The number of benzene rings is 1. The minimum Gasteiger partial charge on any atom is -0.496 e. The van der Waals surface area contributed by atoms with E-state index in [4.69, 9.17) is 9.47 Å². The van der Waals surface area contributed by atoms with E-state index in [9.17, 15) is 14.7 Å². The summed E-state index contributed by atoms with van der Waals surface area (Å²) in [5.74, 6) is -0.102. The largest absolute Gasteiger partial charge is 0.496 e. The van der Waals surface area contributed by atoms with E-state index in [-0.39, 0.29) is 11.3 Å². The van der Waals surface area contributed by atoms with Crippen molar-refractivity contribution in [3.63, 3.8) is 0 Å². The third-order valence-corrected chi connectivity index (χ3v) is 6.68. The molecule has 2 saturated heterocycles. The Morgan fingerprint density at radius 3 is 2.46 bits per heavy atom. The molecule has 3 atom stereocenters. The van der Waals surface area contributed by atoms with Crippen LogP contribution in [0.2, 0.25) is 0 Å². The Labute approximate surface area is 165 Å². The number of methoxy groups -OCH3 is 2. The number of thioether (sulfide) groups is 1. The predicted molar refractivity (Wildman–Crippen MR) is 101 cm³/mol. The van der Waals surface area contributed by atoms with Crippen LogP contribution in [0.1, 0.15) is 19.9 Å². The average Bonchev–Trinajstić information content (AvgIpc) is 3.21. The SMILES string of the molecule is COc1cccc(OC)c1-c1cn([C@@H]2C(=O)N3[C@@H]2SC(C)(C)[C@@H]3C(=O)O)nn1. The second-order valence-corrected chi connectivity index (χ2v) is 8.94. The molecule has 1 amide bonds. The molecule has 2 aliphatic rings. The van der Waals surface area contributed by atoms with Crippen molar-refractivity contribution in [3.8, 4) is 22.8 Å². The summed E-state index contributed by atoms with van der Waals surface area (Å²) in [6.45, 7) is 3.68. The fraction of sp³-hybridized carbons (Fsp3) is 0.444. The number of ether oxygens (including phenoxy) is 2. The molecular weight excluding hydrogens is 384 g/mol. The number of aromatic nitrogens is 3. The van der Waals surface area contributed by atoms with E-state index in [1.54, 1.807) is 32.5 Å². The summed E-state index contributed by atoms with van der Waals surface area (Å²) >= 11 is 1.47. The number of rotatable bonds is 5.